The second-order valence-electron chi connectivity index (χ2n) is 7.26. The summed E-state index contributed by atoms with van der Waals surface area (Å²) in [7, 11) is -4.11. The van der Waals surface area contributed by atoms with Crippen molar-refractivity contribution in [2.45, 2.75) is 48.6 Å². The Morgan fingerprint density at radius 1 is 1.00 bits per heavy atom. The number of halogens is 1. The average molecular weight is 398 g/mol. The van der Waals surface area contributed by atoms with Crippen LogP contribution in [0.2, 0.25) is 0 Å². The number of sulfone groups is 1. The minimum Gasteiger partial charge on any atom is -0.322 e. The molecule has 28 heavy (non-hydrogen) atoms. The van der Waals surface area contributed by atoms with E-state index in [-0.39, 0.29) is 11.1 Å². The Bertz CT molecular complexity index is 1150. The van der Waals surface area contributed by atoms with Gasteiger partial charge < -0.3 is 5.32 Å². The first kappa shape index (κ1) is 17.4. The van der Waals surface area contributed by atoms with Gasteiger partial charge in [0.1, 0.15) is 10.7 Å². The van der Waals surface area contributed by atoms with E-state index < -0.39 is 20.5 Å². The maximum atomic E-state index is 14.0. The van der Waals surface area contributed by atoms with Crippen molar-refractivity contribution >= 4 is 21.5 Å². The van der Waals surface area contributed by atoms with Gasteiger partial charge in [-0.05, 0) is 72.9 Å². The maximum absolute atomic E-state index is 14.0. The molecule has 2 N–H and O–H groups in total. The number of H-pyrrole nitrogens is 1. The SMILES string of the molecule is O=S(=O)(c1nc(Nc2c3c(cc4c2CCC4)CCC3)n[nH]1)c1ccccc1F. The van der Waals surface area contributed by atoms with Crippen molar-refractivity contribution in [1.29, 1.82) is 0 Å². The van der Waals surface area contributed by atoms with Gasteiger partial charge in [-0.2, -0.15) is 4.98 Å². The third-order valence-electron chi connectivity index (χ3n) is 5.56. The lowest BCUT2D eigenvalue weighted by molar-refractivity contribution is 0.561. The highest BCUT2D eigenvalue weighted by atomic mass is 32.2. The standard InChI is InChI=1S/C20H19FN4O2S/c21-16-9-1-2-10-17(16)28(26,27)20-23-19(24-25-20)22-18-14-7-3-5-12(14)11-13-6-4-8-15(13)18/h1-2,9-11H,3-8H2,(H2,22,23,24,25). The summed E-state index contributed by atoms with van der Waals surface area (Å²) in [6.07, 6.45) is 6.36. The quantitative estimate of drug-likeness (QED) is 0.702. The van der Waals surface area contributed by atoms with Gasteiger partial charge in [-0.1, -0.05) is 18.2 Å². The molecule has 3 aromatic rings. The van der Waals surface area contributed by atoms with Gasteiger partial charge in [0, 0.05) is 5.69 Å². The van der Waals surface area contributed by atoms with Crippen LogP contribution >= 0.6 is 0 Å². The molecular weight excluding hydrogens is 379 g/mol. The predicted octanol–water partition coefficient (Wildman–Crippen LogP) is 3.50. The number of rotatable bonds is 4. The van der Waals surface area contributed by atoms with Crippen LogP contribution in [0.3, 0.4) is 0 Å². The van der Waals surface area contributed by atoms with Gasteiger partial charge in [0.2, 0.25) is 20.9 Å². The van der Waals surface area contributed by atoms with Crippen LogP contribution in [0.25, 0.3) is 0 Å². The molecule has 0 saturated heterocycles. The molecule has 6 nitrogen and oxygen atoms in total. The van der Waals surface area contributed by atoms with Gasteiger partial charge in [0.05, 0.1) is 0 Å². The van der Waals surface area contributed by atoms with Crippen molar-refractivity contribution in [2.24, 2.45) is 0 Å². The van der Waals surface area contributed by atoms with Crippen molar-refractivity contribution < 1.29 is 12.8 Å². The van der Waals surface area contributed by atoms with Crippen molar-refractivity contribution in [3.05, 3.63) is 58.4 Å². The topological polar surface area (TPSA) is 87.7 Å². The van der Waals surface area contributed by atoms with E-state index in [2.05, 4.69) is 26.6 Å². The summed E-state index contributed by atoms with van der Waals surface area (Å²) in [4.78, 5) is 3.70. The molecule has 0 saturated carbocycles. The molecule has 0 amide bonds. The van der Waals surface area contributed by atoms with Crippen LogP contribution in [0.4, 0.5) is 16.0 Å². The summed E-state index contributed by atoms with van der Waals surface area (Å²) < 4.78 is 39.4. The number of benzene rings is 2. The Labute approximate surface area is 162 Å². The van der Waals surface area contributed by atoms with Gasteiger partial charge >= 0.3 is 0 Å². The summed E-state index contributed by atoms with van der Waals surface area (Å²) in [5.41, 5.74) is 6.31. The van der Waals surface area contributed by atoms with E-state index in [1.165, 1.54) is 40.5 Å². The van der Waals surface area contributed by atoms with E-state index in [0.717, 1.165) is 50.3 Å². The molecule has 144 valence electrons. The number of anilines is 2. The van der Waals surface area contributed by atoms with E-state index in [1.54, 1.807) is 0 Å². The first-order valence-corrected chi connectivity index (χ1v) is 10.9. The fourth-order valence-electron chi connectivity index (χ4n) is 4.27. The molecule has 0 fully saturated rings. The van der Waals surface area contributed by atoms with E-state index in [1.807, 2.05) is 0 Å². The molecule has 0 unspecified atom stereocenters. The highest BCUT2D eigenvalue weighted by Crippen LogP contribution is 2.39. The Morgan fingerprint density at radius 3 is 2.36 bits per heavy atom. The number of aromatic nitrogens is 3. The Balaban J connectivity index is 1.52. The van der Waals surface area contributed by atoms with Crippen molar-refractivity contribution in [3.63, 3.8) is 0 Å². The summed E-state index contributed by atoms with van der Waals surface area (Å²) in [6.45, 7) is 0. The van der Waals surface area contributed by atoms with Gasteiger partial charge in [0.25, 0.3) is 0 Å². The number of hydrogen-bond acceptors (Lipinski definition) is 5. The van der Waals surface area contributed by atoms with E-state index in [0.29, 0.717) is 0 Å². The molecule has 2 aliphatic rings. The van der Waals surface area contributed by atoms with Crippen LogP contribution in [-0.2, 0) is 35.5 Å². The number of aryl methyl sites for hydroxylation is 2. The smallest absolute Gasteiger partial charge is 0.249 e. The molecule has 2 aliphatic carbocycles. The summed E-state index contributed by atoms with van der Waals surface area (Å²) in [5, 5.41) is 9.36. The second kappa shape index (κ2) is 6.41. The van der Waals surface area contributed by atoms with Gasteiger partial charge in [-0.15, -0.1) is 5.10 Å². The molecule has 0 spiro atoms. The zero-order valence-electron chi connectivity index (χ0n) is 15.1. The number of hydrogen-bond donors (Lipinski definition) is 2. The fraction of sp³-hybridized carbons (Fsp3) is 0.300. The third-order valence-corrected chi connectivity index (χ3v) is 7.16. The highest BCUT2D eigenvalue weighted by Gasteiger charge is 2.27. The minimum atomic E-state index is -4.11. The predicted molar refractivity (Wildman–Crippen MR) is 102 cm³/mol. The van der Waals surface area contributed by atoms with Crippen LogP contribution in [0, 0.1) is 5.82 Å². The molecular formula is C20H19FN4O2S. The molecule has 2 aromatic carbocycles. The monoisotopic (exact) mass is 398 g/mol. The molecule has 0 radical (unpaired) electrons. The summed E-state index contributed by atoms with van der Waals surface area (Å²) >= 11 is 0. The van der Waals surface area contributed by atoms with Crippen LogP contribution in [0.1, 0.15) is 35.1 Å². The van der Waals surface area contributed by atoms with E-state index in [4.69, 9.17) is 0 Å². The lowest BCUT2D eigenvalue weighted by Gasteiger charge is -2.15. The first-order valence-electron chi connectivity index (χ1n) is 9.39. The normalized spacial score (nSPS) is 15.5. The third kappa shape index (κ3) is 2.71. The Hall–Kier alpha value is -2.74. The zero-order chi connectivity index (χ0) is 19.3. The van der Waals surface area contributed by atoms with Crippen LogP contribution < -0.4 is 5.32 Å². The second-order valence-corrected chi connectivity index (χ2v) is 9.09. The van der Waals surface area contributed by atoms with E-state index >= 15 is 0 Å². The van der Waals surface area contributed by atoms with Gasteiger partial charge in [-0.25, -0.2) is 17.9 Å². The average Bonchev–Trinajstić information content (AvgIpc) is 3.42. The van der Waals surface area contributed by atoms with Crippen LogP contribution in [0.5, 0.6) is 0 Å². The Kier molecular flexibility index (Phi) is 3.97. The minimum absolute atomic E-state index is 0.185. The first-order chi connectivity index (χ1) is 13.5. The van der Waals surface area contributed by atoms with Gasteiger partial charge in [-0.3, -0.25) is 0 Å². The maximum Gasteiger partial charge on any atom is 0.249 e. The largest absolute Gasteiger partial charge is 0.322 e. The van der Waals surface area contributed by atoms with Crippen LogP contribution in [0.15, 0.2) is 40.4 Å². The van der Waals surface area contributed by atoms with E-state index in [9.17, 15) is 12.8 Å². The molecule has 0 aliphatic heterocycles. The van der Waals surface area contributed by atoms with Crippen molar-refractivity contribution in [1.82, 2.24) is 15.2 Å². The molecule has 0 bridgehead atoms. The number of nitrogens with one attached hydrogen (secondary N) is 2. The fourth-order valence-corrected chi connectivity index (χ4v) is 5.43. The molecule has 1 heterocycles. The Morgan fingerprint density at radius 2 is 1.68 bits per heavy atom. The molecule has 0 atom stereocenters. The zero-order valence-corrected chi connectivity index (χ0v) is 15.9. The van der Waals surface area contributed by atoms with Crippen molar-refractivity contribution in [2.75, 3.05) is 5.32 Å². The van der Waals surface area contributed by atoms with Gasteiger partial charge in [0.15, 0.2) is 0 Å². The molecule has 8 heteroatoms. The molecule has 5 rings (SSSR count). The lowest BCUT2D eigenvalue weighted by Crippen LogP contribution is -2.07. The van der Waals surface area contributed by atoms with Crippen LogP contribution in [-0.4, -0.2) is 23.6 Å². The lowest BCUT2D eigenvalue weighted by atomic mass is 9.99. The summed E-state index contributed by atoms with van der Waals surface area (Å²) in [5.74, 6) is -0.628. The number of nitrogens with zero attached hydrogens (tertiary/aromatic N) is 2. The molecule has 1 aromatic heterocycles. The summed E-state index contributed by atoms with van der Waals surface area (Å²) in [6, 6.07) is 7.57. The van der Waals surface area contributed by atoms with Crippen molar-refractivity contribution in [3.8, 4) is 0 Å². The number of aromatic amines is 1. The highest BCUT2D eigenvalue weighted by molar-refractivity contribution is 7.91. The number of fused-ring (bicyclic) bond motifs is 2.